The lowest BCUT2D eigenvalue weighted by Gasteiger charge is -2.22. The van der Waals surface area contributed by atoms with Gasteiger partial charge >= 0.3 is 0 Å². The maximum Gasteiger partial charge on any atom is 0.150 e. The molecule has 212 valence electrons. The van der Waals surface area contributed by atoms with Gasteiger partial charge in [0, 0.05) is 31.0 Å². The highest BCUT2D eigenvalue weighted by Gasteiger charge is 2.25. The number of hydrogen-bond donors (Lipinski definition) is 2. The second kappa shape index (κ2) is 10.4. The SMILES string of the molecule is CN[C@@H]1CC=C(c2cnc(N)c3c(-c4ccc(Cc5nc6ccccc6n5C)c5ccccc45)nc(C(C)C)n23)CC1. The van der Waals surface area contributed by atoms with E-state index in [1.165, 1.54) is 16.5 Å². The topological polar surface area (TPSA) is 86.1 Å². The maximum atomic E-state index is 6.67. The van der Waals surface area contributed by atoms with Gasteiger partial charge in [-0.25, -0.2) is 15.0 Å². The molecule has 1 aliphatic rings. The molecule has 0 amide bonds. The lowest BCUT2D eigenvalue weighted by molar-refractivity contribution is 0.522. The van der Waals surface area contributed by atoms with E-state index in [0.29, 0.717) is 11.9 Å². The summed E-state index contributed by atoms with van der Waals surface area (Å²) in [4.78, 5) is 15.0. The molecule has 7 rings (SSSR count). The number of hydrogen-bond acceptors (Lipinski definition) is 5. The molecule has 7 heteroatoms. The minimum Gasteiger partial charge on any atom is -0.382 e. The first-order chi connectivity index (χ1) is 20.4. The Labute approximate surface area is 246 Å². The Morgan fingerprint density at radius 2 is 1.79 bits per heavy atom. The summed E-state index contributed by atoms with van der Waals surface area (Å²) in [6.45, 7) is 4.40. The van der Waals surface area contributed by atoms with Crippen LogP contribution in [0.3, 0.4) is 0 Å². The number of fused-ring (bicyclic) bond motifs is 3. The molecular formula is C35H37N7. The molecule has 6 aromatic rings. The number of imidazole rings is 2. The van der Waals surface area contributed by atoms with Crippen LogP contribution in [0.2, 0.25) is 0 Å². The van der Waals surface area contributed by atoms with Gasteiger partial charge in [0.1, 0.15) is 28.7 Å². The van der Waals surface area contributed by atoms with Gasteiger partial charge in [0.05, 0.1) is 22.9 Å². The summed E-state index contributed by atoms with van der Waals surface area (Å²) in [7, 11) is 4.14. The average molecular weight is 556 g/mol. The Hall–Kier alpha value is -4.49. The minimum atomic E-state index is 0.212. The van der Waals surface area contributed by atoms with E-state index in [4.69, 9.17) is 20.7 Å². The first-order valence-corrected chi connectivity index (χ1v) is 14.9. The zero-order chi connectivity index (χ0) is 29.0. The van der Waals surface area contributed by atoms with Gasteiger partial charge < -0.3 is 15.6 Å². The highest BCUT2D eigenvalue weighted by molar-refractivity contribution is 6.02. The fourth-order valence-corrected chi connectivity index (χ4v) is 6.54. The Kier molecular flexibility index (Phi) is 6.54. The van der Waals surface area contributed by atoms with Crippen molar-refractivity contribution in [2.45, 2.75) is 51.5 Å². The fourth-order valence-electron chi connectivity index (χ4n) is 6.54. The van der Waals surface area contributed by atoms with Gasteiger partial charge in [-0.1, -0.05) is 68.5 Å². The van der Waals surface area contributed by atoms with Crippen molar-refractivity contribution in [3.05, 3.63) is 95.8 Å². The van der Waals surface area contributed by atoms with Crippen LogP contribution >= 0.6 is 0 Å². The van der Waals surface area contributed by atoms with Crippen molar-refractivity contribution in [2.24, 2.45) is 7.05 Å². The first-order valence-electron chi connectivity index (χ1n) is 14.9. The smallest absolute Gasteiger partial charge is 0.150 e. The monoisotopic (exact) mass is 555 g/mol. The lowest BCUT2D eigenvalue weighted by Crippen LogP contribution is -2.26. The maximum absolute atomic E-state index is 6.67. The summed E-state index contributed by atoms with van der Waals surface area (Å²) in [5.41, 5.74) is 15.3. The predicted molar refractivity (Wildman–Crippen MR) is 173 cm³/mol. The molecule has 3 heterocycles. The van der Waals surface area contributed by atoms with E-state index in [1.54, 1.807) is 0 Å². The van der Waals surface area contributed by atoms with Gasteiger partial charge in [-0.05, 0) is 60.4 Å². The first kappa shape index (κ1) is 26.4. The molecule has 3 aromatic heterocycles. The van der Waals surface area contributed by atoms with Crippen LogP contribution in [0, 0.1) is 0 Å². The minimum absolute atomic E-state index is 0.212. The van der Waals surface area contributed by atoms with Crippen molar-refractivity contribution in [1.82, 2.24) is 29.2 Å². The van der Waals surface area contributed by atoms with Gasteiger partial charge in [0.25, 0.3) is 0 Å². The van der Waals surface area contributed by atoms with Gasteiger partial charge in [0.15, 0.2) is 0 Å². The average Bonchev–Trinajstić information content (AvgIpc) is 3.57. The molecule has 0 aliphatic heterocycles. The number of aromatic nitrogens is 5. The third-order valence-corrected chi connectivity index (χ3v) is 8.88. The molecule has 42 heavy (non-hydrogen) atoms. The molecule has 0 spiro atoms. The van der Waals surface area contributed by atoms with Crippen LogP contribution in [-0.2, 0) is 13.5 Å². The molecule has 1 aliphatic carbocycles. The molecule has 0 bridgehead atoms. The molecule has 0 fully saturated rings. The van der Waals surface area contributed by atoms with Crippen molar-refractivity contribution in [1.29, 1.82) is 0 Å². The summed E-state index contributed by atoms with van der Waals surface area (Å²) in [5.74, 6) is 2.77. The summed E-state index contributed by atoms with van der Waals surface area (Å²) >= 11 is 0. The summed E-state index contributed by atoms with van der Waals surface area (Å²) in [6, 6.07) is 21.9. The van der Waals surface area contributed by atoms with Crippen molar-refractivity contribution in [2.75, 3.05) is 12.8 Å². The standard InChI is InChI=1S/C35H37N7/c1-21(2)35-40-32(33-34(36)38-20-30(42(33)35)22-13-16-24(37-3)17-14-22)27-18-15-23(25-9-5-6-10-26(25)27)19-31-39-28-11-7-8-12-29(28)41(31)4/h5-13,15,18,20-21,24,37H,14,16-17,19H2,1-4H3,(H2,36,38)/t24-/m1/s1. The number of para-hydroxylation sites is 2. The highest BCUT2D eigenvalue weighted by Crippen LogP contribution is 2.39. The van der Waals surface area contributed by atoms with E-state index in [2.05, 4.69) is 95.9 Å². The summed E-state index contributed by atoms with van der Waals surface area (Å²) in [6.07, 6.45) is 8.13. The van der Waals surface area contributed by atoms with Crippen molar-refractivity contribution in [3.63, 3.8) is 0 Å². The molecule has 0 saturated heterocycles. The second-order valence-electron chi connectivity index (χ2n) is 11.7. The van der Waals surface area contributed by atoms with Crippen LogP contribution in [0.25, 0.3) is 44.2 Å². The van der Waals surface area contributed by atoms with Gasteiger partial charge in [-0.15, -0.1) is 0 Å². The summed E-state index contributed by atoms with van der Waals surface area (Å²) in [5, 5.41) is 5.77. The number of anilines is 1. The highest BCUT2D eigenvalue weighted by atomic mass is 15.1. The van der Waals surface area contributed by atoms with Crippen LogP contribution in [0.4, 0.5) is 5.82 Å². The van der Waals surface area contributed by atoms with Crippen molar-refractivity contribution in [3.8, 4) is 11.3 Å². The Balaban J connectivity index is 1.40. The van der Waals surface area contributed by atoms with Crippen molar-refractivity contribution < 1.29 is 0 Å². The number of nitrogen functional groups attached to an aromatic ring is 1. The summed E-state index contributed by atoms with van der Waals surface area (Å²) < 4.78 is 4.47. The molecule has 3 N–H and O–H groups in total. The van der Waals surface area contributed by atoms with Crippen LogP contribution in [0.1, 0.15) is 61.9 Å². The van der Waals surface area contributed by atoms with E-state index in [1.807, 2.05) is 19.3 Å². The fraction of sp³-hybridized carbons (Fsp3) is 0.286. The molecule has 0 unspecified atom stereocenters. The number of rotatable bonds is 6. The molecule has 1 atom stereocenters. The Bertz CT molecular complexity index is 1990. The second-order valence-corrected chi connectivity index (χ2v) is 11.7. The largest absolute Gasteiger partial charge is 0.382 e. The number of aryl methyl sites for hydroxylation is 1. The number of allylic oxidation sites excluding steroid dienone is 1. The van der Waals surface area contributed by atoms with Gasteiger partial charge in [0.2, 0.25) is 0 Å². The zero-order valence-electron chi connectivity index (χ0n) is 24.7. The molecular weight excluding hydrogens is 518 g/mol. The van der Waals surface area contributed by atoms with Crippen LogP contribution in [0.15, 0.2) is 72.9 Å². The normalized spacial score (nSPS) is 15.7. The number of nitrogens with one attached hydrogen (secondary N) is 1. The quantitative estimate of drug-likeness (QED) is 0.234. The van der Waals surface area contributed by atoms with E-state index in [0.717, 1.165) is 76.2 Å². The van der Waals surface area contributed by atoms with E-state index in [-0.39, 0.29) is 5.92 Å². The lowest BCUT2D eigenvalue weighted by atomic mass is 9.93. The Morgan fingerprint density at radius 3 is 2.52 bits per heavy atom. The van der Waals surface area contributed by atoms with E-state index in [9.17, 15) is 0 Å². The number of benzene rings is 3. The van der Waals surface area contributed by atoms with Crippen molar-refractivity contribution >= 4 is 38.7 Å². The third-order valence-electron chi connectivity index (χ3n) is 8.88. The van der Waals surface area contributed by atoms with E-state index < -0.39 is 0 Å². The van der Waals surface area contributed by atoms with Gasteiger partial charge in [-0.2, -0.15) is 0 Å². The molecule has 0 radical (unpaired) electrons. The number of nitrogens with zero attached hydrogens (tertiary/aromatic N) is 5. The number of nitrogens with two attached hydrogens (primary N) is 1. The zero-order valence-corrected chi connectivity index (χ0v) is 24.7. The third kappa shape index (κ3) is 4.27. The van der Waals surface area contributed by atoms with Crippen LogP contribution in [0.5, 0.6) is 0 Å². The molecule has 0 saturated carbocycles. The predicted octanol–water partition coefficient (Wildman–Crippen LogP) is 6.89. The van der Waals surface area contributed by atoms with E-state index >= 15 is 0 Å². The molecule has 7 nitrogen and oxygen atoms in total. The molecule has 3 aromatic carbocycles. The Morgan fingerprint density at radius 1 is 1.00 bits per heavy atom. The van der Waals surface area contributed by atoms with Crippen LogP contribution < -0.4 is 11.1 Å². The van der Waals surface area contributed by atoms with Gasteiger partial charge in [-0.3, -0.25) is 4.40 Å². The van der Waals surface area contributed by atoms with Crippen LogP contribution in [-0.4, -0.2) is 37.0 Å².